The number of aromatic amines is 1. The van der Waals surface area contributed by atoms with Crippen molar-refractivity contribution in [2.45, 2.75) is 18.4 Å². The van der Waals surface area contributed by atoms with E-state index in [1.54, 1.807) is 11.8 Å². The third-order valence-corrected chi connectivity index (χ3v) is 5.24. The number of benzene rings is 1. The number of fused-ring (bicyclic) bond motifs is 1. The minimum Gasteiger partial charge on any atom is -0.379 e. The first kappa shape index (κ1) is 14.8. The molecule has 21 heavy (non-hydrogen) atoms. The fourth-order valence-electron chi connectivity index (χ4n) is 2.57. The highest BCUT2D eigenvalue weighted by Crippen LogP contribution is 2.28. The highest BCUT2D eigenvalue weighted by molar-refractivity contribution is 7.99. The van der Waals surface area contributed by atoms with Crippen molar-refractivity contribution in [3.05, 3.63) is 35.0 Å². The highest BCUT2D eigenvalue weighted by atomic mass is 35.5. The summed E-state index contributed by atoms with van der Waals surface area (Å²) in [5.74, 6) is 1.07. The Morgan fingerprint density at radius 1 is 1.52 bits per heavy atom. The topological polar surface area (TPSA) is 65.1 Å². The average molecular weight is 325 g/mol. The number of aliphatic hydroxyl groups is 1. The SMILES string of the molecule is O=C(NCCc1c[nH]c2ccc(Cl)cc12)C1(O)CCSC1. The first-order chi connectivity index (χ1) is 10.1. The molecule has 6 heteroatoms. The zero-order chi connectivity index (χ0) is 14.9. The predicted molar refractivity (Wildman–Crippen MR) is 86.9 cm³/mol. The summed E-state index contributed by atoms with van der Waals surface area (Å²) in [6.45, 7) is 0.505. The van der Waals surface area contributed by atoms with Crippen LogP contribution in [0.1, 0.15) is 12.0 Å². The van der Waals surface area contributed by atoms with Gasteiger partial charge in [-0.25, -0.2) is 0 Å². The van der Waals surface area contributed by atoms with Crippen LogP contribution in [0.2, 0.25) is 5.02 Å². The van der Waals surface area contributed by atoms with Crippen molar-refractivity contribution in [1.29, 1.82) is 0 Å². The monoisotopic (exact) mass is 324 g/mol. The second-order valence-electron chi connectivity index (χ2n) is 5.34. The molecule has 2 aromatic rings. The first-order valence-electron chi connectivity index (χ1n) is 6.92. The van der Waals surface area contributed by atoms with Gasteiger partial charge in [-0.15, -0.1) is 0 Å². The molecule has 1 aromatic heterocycles. The number of hydrogen-bond donors (Lipinski definition) is 3. The fraction of sp³-hybridized carbons (Fsp3) is 0.400. The van der Waals surface area contributed by atoms with E-state index in [0.29, 0.717) is 30.2 Å². The molecule has 1 aromatic carbocycles. The van der Waals surface area contributed by atoms with Crippen LogP contribution in [0.15, 0.2) is 24.4 Å². The molecule has 1 aliphatic rings. The minimum atomic E-state index is -1.19. The Balaban J connectivity index is 1.62. The van der Waals surface area contributed by atoms with E-state index in [1.165, 1.54) is 0 Å². The van der Waals surface area contributed by atoms with Crippen LogP contribution in [0.25, 0.3) is 10.9 Å². The number of carbonyl (C=O) groups excluding carboxylic acids is 1. The zero-order valence-electron chi connectivity index (χ0n) is 11.5. The van der Waals surface area contributed by atoms with Crippen LogP contribution in [0.3, 0.4) is 0 Å². The number of carbonyl (C=O) groups is 1. The Hall–Kier alpha value is -1.17. The van der Waals surface area contributed by atoms with Gasteiger partial charge in [0.25, 0.3) is 5.91 Å². The van der Waals surface area contributed by atoms with Gasteiger partial charge < -0.3 is 15.4 Å². The third-order valence-electron chi connectivity index (χ3n) is 3.83. The molecule has 1 unspecified atom stereocenters. The molecular weight excluding hydrogens is 308 g/mol. The molecule has 1 atom stereocenters. The molecule has 112 valence electrons. The second-order valence-corrected chi connectivity index (χ2v) is 6.89. The van der Waals surface area contributed by atoms with E-state index in [2.05, 4.69) is 10.3 Å². The number of nitrogens with one attached hydrogen (secondary N) is 2. The lowest BCUT2D eigenvalue weighted by Crippen LogP contribution is -2.47. The number of hydrogen-bond acceptors (Lipinski definition) is 3. The summed E-state index contributed by atoms with van der Waals surface area (Å²) in [6, 6.07) is 5.71. The molecule has 1 saturated heterocycles. The third kappa shape index (κ3) is 3.05. The van der Waals surface area contributed by atoms with Crippen LogP contribution in [-0.4, -0.2) is 39.6 Å². The molecule has 1 amide bonds. The molecule has 1 aliphatic heterocycles. The van der Waals surface area contributed by atoms with Crippen molar-refractivity contribution in [2.24, 2.45) is 0 Å². The van der Waals surface area contributed by atoms with Crippen LogP contribution < -0.4 is 5.32 Å². The summed E-state index contributed by atoms with van der Waals surface area (Å²) < 4.78 is 0. The molecular formula is C15H17ClN2O2S. The maximum Gasteiger partial charge on any atom is 0.252 e. The minimum absolute atomic E-state index is 0.259. The molecule has 0 aliphatic carbocycles. The number of H-pyrrole nitrogens is 1. The van der Waals surface area contributed by atoms with E-state index in [0.717, 1.165) is 22.2 Å². The van der Waals surface area contributed by atoms with Gasteiger partial charge in [0.15, 0.2) is 5.60 Å². The smallest absolute Gasteiger partial charge is 0.252 e. The van der Waals surface area contributed by atoms with Gasteiger partial charge in [0.05, 0.1) is 0 Å². The van der Waals surface area contributed by atoms with E-state index < -0.39 is 5.60 Å². The molecule has 4 nitrogen and oxygen atoms in total. The molecule has 3 N–H and O–H groups in total. The summed E-state index contributed by atoms with van der Waals surface area (Å²) in [7, 11) is 0. The van der Waals surface area contributed by atoms with Crippen molar-refractivity contribution in [3.63, 3.8) is 0 Å². The molecule has 1 fully saturated rings. The van der Waals surface area contributed by atoms with Crippen LogP contribution in [0.5, 0.6) is 0 Å². The van der Waals surface area contributed by atoms with Crippen LogP contribution in [0, 0.1) is 0 Å². The standard InChI is InChI=1S/C15H17ClN2O2S/c16-11-1-2-13-12(7-11)10(8-18-13)3-5-17-14(19)15(20)4-6-21-9-15/h1-2,7-8,18,20H,3-6,9H2,(H,17,19). The normalized spacial score (nSPS) is 21.8. The van der Waals surface area contributed by atoms with E-state index in [9.17, 15) is 9.90 Å². The van der Waals surface area contributed by atoms with Gasteiger partial charge in [-0.05, 0) is 42.4 Å². The summed E-state index contributed by atoms with van der Waals surface area (Å²) >= 11 is 7.63. The van der Waals surface area contributed by atoms with Crippen molar-refractivity contribution in [3.8, 4) is 0 Å². The van der Waals surface area contributed by atoms with E-state index >= 15 is 0 Å². The zero-order valence-corrected chi connectivity index (χ0v) is 13.1. The Labute approximate surface area is 132 Å². The number of amides is 1. The second kappa shape index (κ2) is 5.91. The molecule has 0 bridgehead atoms. The Bertz CT molecular complexity index is 665. The average Bonchev–Trinajstić information content (AvgIpc) is 3.06. The van der Waals surface area contributed by atoms with Gasteiger partial charge in [-0.3, -0.25) is 4.79 Å². The van der Waals surface area contributed by atoms with Crippen LogP contribution in [-0.2, 0) is 11.2 Å². The number of thioether (sulfide) groups is 1. The fourth-order valence-corrected chi connectivity index (χ4v) is 3.98. The van der Waals surface area contributed by atoms with Crippen LogP contribution in [0.4, 0.5) is 0 Å². The summed E-state index contributed by atoms with van der Waals surface area (Å²) in [4.78, 5) is 15.2. The van der Waals surface area contributed by atoms with Gasteiger partial charge >= 0.3 is 0 Å². The van der Waals surface area contributed by atoms with Gasteiger partial charge in [-0.2, -0.15) is 11.8 Å². The molecule has 0 saturated carbocycles. The maximum absolute atomic E-state index is 12.0. The summed E-state index contributed by atoms with van der Waals surface area (Å²) in [5, 5.41) is 14.8. The Kier molecular flexibility index (Phi) is 4.15. The predicted octanol–water partition coefficient (Wildman–Crippen LogP) is 2.35. The van der Waals surface area contributed by atoms with E-state index in [1.807, 2.05) is 24.4 Å². The van der Waals surface area contributed by atoms with Crippen molar-refractivity contribution in [2.75, 3.05) is 18.1 Å². The molecule has 0 radical (unpaired) electrons. The van der Waals surface area contributed by atoms with Crippen molar-refractivity contribution < 1.29 is 9.90 Å². The summed E-state index contributed by atoms with van der Waals surface area (Å²) in [6.07, 6.45) is 3.18. The lowest BCUT2D eigenvalue weighted by molar-refractivity contribution is -0.137. The Morgan fingerprint density at radius 3 is 3.14 bits per heavy atom. The van der Waals surface area contributed by atoms with E-state index in [-0.39, 0.29) is 5.91 Å². The molecule has 3 rings (SSSR count). The van der Waals surface area contributed by atoms with Gasteiger partial charge in [0.2, 0.25) is 0 Å². The lowest BCUT2D eigenvalue weighted by Gasteiger charge is -2.20. The number of halogens is 1. The number of aromatic nitrogens is 1. The van der Waals surface area contributed by atoms with Crippen LogP contribution >= 0.6 is 23.4 Å². The van der Waals surface area contributed by atoms with Crippen molar-refractivity contribution in [1.82, 2.24) is 10.3 Å². The Morgan fingerprint density at radius 2 is 2.38 bits per heavy atom. The summed E-state index contributed by atoms with van der Waals surface area (Å²) in [5.41, 5.74) is 0.959. The largest absolute Gasteiger partial charge is 0.379 e. The first-order valence-corrected chi connectivity index (χ1v) is 8.46. The van der Waals surface area contributed by atoms with Gasteiger partial charge in [0, 0.05) is 34.4 Å². The highest BCUT2D eigenvalue weighted by Gasteiger charge is 2.39. The van der Waals surface area contributed by atoms with Gasteiger partial charge in [-0.1, -0.05) is 11.6 Å². The molecule has 2 heterocycles. The van der Waals surface area contributed by atoms with Crippen molar-refractivity contribution >= 4 is 40.2 Å². The lowest BCUT2D eigenvalue weighted by atomic mass is 10.0. The molecule has 0 spiro atoms. The maximum atomic E-state index is 12.0. The van der Waals surface area contributed by atoms with E-state index in [4.69, 9.17) is 11.6 Å². The van der Waals surface area contributed by atoms with Gasteiger partial charge in [0.1, 0.15) is 0 Å². The number of rotatable bonds is 4. The quantitative estimate of drug-likeness (QED) is 0.809.